The van der Waals surface area contributed by atoms with Crippen molar-refractivity contribution in [2.24, 2.45) is 0 Å². The summed E-state index contributed by atoms with van der Waals surface area (Å²) >= 11 is 3.48. The molecular formula is C22H26BrNO4. The van der Waals surface area contributed by atoms with Gasteiger partial charge in [0.05, 0.1) is 11.8 Å². The Morgan fingerprint density at radius 3 is 2.68 bits per heavy atom. The Bertz CT molecular complexity index is 810. The van der Waals surface area contributed by atoms with Crippen LogP contribution in [0.4, 0.5) is 5.69 Å². The molecule has 6 heteroatoms. The third-order valence-electron chi connectivity index (χ3n) is 4.68. The summed E-state index contributed by atoms with van der Waals surface area (Å²) in [6, 6.07) is 11.4. The Kier molecular flexibility index (Phi) is 6.97. The van der Waals surface area contributed by atoms with Crippen LogP contribution in [-0.2, 0) is 9.53 Å². The summed E-state index contributed by atoms with van der Waals surface area (Å²) < 4.78 is 18.4. The molecule has 2 atom stereocenters. The molecule has 1 fully saturated rings. The minimum atomic E-state index is -0.648. The van der Waals surface area contributed by atoms with Gasteiger partial charge in [-0.3, -0.25) is 4.79 Å². The van der Waals surface area contributed by atoms with Gasteiger partial charge in [-0.1, -0.05) is 28.1 Å². The maximum absolute atomic E-state index is 12.7. The van der Waals surface area contributed by atoms with E-state index in [1.54, 1.807) is 6.92 Å². The predicted molar refractivity (Wildman–Crippen MR) is 113 cm³/mol. The van der Waals surface area contributed by atoms with Crippen LogP contribution in [0.5, 0.6) is 11.5 Å². The lowest BCUT2D eigenvalue weighted by Crippen LogP contribution is -2.30. The second-order valence-electron chi connectivity index (χ2n) is 7.06. The Hall–Kier alpha value is -2.05. The Labute approximate surface area is 174 Å². The first-order chi connectivity index (χ1) is 13.4. The highest BCUT2D eigenvalue weighted by Crippen LogP contribution is 2.29. The van der Waals surface area contributed by atoms with Gasteiger partial charge in [-0.25, -0.2) is 0 Å². The molecule has 0 bridgehead atoms. The molecule has 1 amide bonds. The van der Waals surface area contributed by atoms with Gasteiger partial charge in [0, 0.05) is 11.1 Å². The average Bonchev–Trinajstić information content (AvgIpc) is 3.17. The first-order valence-corrected chi connectivity index (χ1v) is 10.3. The average molecular weight is 448 g/mol. The first-order valence-electron chi connectivity index (χ1n) is 9.51. The van der Waals surface area contributed by atoms with Crippen molar-refractivity contribution < 1.29 is 19.0 Å². The van der Waals surface area contributed by atoms with Crippen molar-refractivity contribution in [1.29, 1.82) is 0 Å². The molecule has 1 saturated heterocycles. The van der Waals surface area contributed by atoms with E-state index in [1.165, 1.54) is 0 Å². The van der Waals surface area contributed by atoms with Gasteiger partial charge >= 0.3 is 0 Å². The zero-order valence-corrected chi connectivity index (χ0v) is 18.0. The molecule has 1 aliphatic heterocycles. The van der Waals surface area contributed by atoms with E-state index in [0.717, 1.165) is 40.8 Å². The molecule has 2 aromatic rings. The highest BCUT2D eigenvalue weighted by Gasteiger charge is 2.20. The number of ether oxygens (including phenoxy) is 3. The standard InChI is InChI=1S/C22H26BrNO4/c1-14-11-17(23)12-15(2)21(14)28-16(3)22(25)24-19-8-4-5-9-20(19)27-13-18-7-6-10-26-18/h4-5,8-9,11-12,16,18H,6-7,10,13H2,1-3H3,(H,24,25). The summed E-state index contributed by atoms with van der Waals surface area (Å²) in [4.78, 5) is 12.7. The highest BCUT2D eigenvalue weighted by atomic mass is 79.9. The quantitative estimate of drug-likeness (QED) is 0.646. The van der Waals surface area contributed by atoms with E-state index in [9.17, 15) is 4.79 Å². The van der Waals surface area contributed by atoms with Crippen LogP contribution in [0.15, 0.2) is 40.9 Å². The number of nitrogens with one attached hydrogen (secondary N) is 1. The molecule has 0 saturated carbocycles. The van der Waals surface area contributed by atoms with Crippen molar-refractivity contribution >= 4 is 27.5 Å². The van der Waals surface area contributed by atoms with Gasteiger partial charge in [-0.2, -0.15) is 0 Å². The lowest BCUT2D eigenvalue weighted by atomic mass is 10.1. The smallest absolute Gasteiger partial charge is 0.265 e. The van der Waals surface area contributed by atoms with Crippen molar-refractivity contribution in [1.82, 2.24) is 0 Å². The van der Waals surface area contributed by atoms with Gasteiger partial charge in [0.25, 0.3) is 5.91 Å². The lowest BCUT2D eigenvalue weighted by Gasteiger charge is -2.20. The summed E-state index contributed by atoms with van der Waals surface area (Å²) in [7, 11) is 0. The summed E-state index contributed by atoms with van der Waals surface area (Å²) in [6.45, 7) is 6.94. The third-order valence-corrected chi connectivity index (χ3v) is 5.14. The number of carbonyl (C=O) groups excluding carboxylic acids is 1. The largest absolute Gasteiger partial charge is 0.489 e. The second kappa shape index (κ2) is 9.43. The molecule has 3 rings (SSSR count). The van der Waals surface area contributed by atoms with Crippen molar-refractivity contribution in [3.8, 4) is 11.5 Å². The van der Waals surface area contributed by atoms with Crippen molar-refractivity contribution in [3.63, 3.8) is 0 Å². The van der Waals surface area contributed by atoms with Gasteiger partial charge < -0.3 is 19.5 Å². The van der Waals surface area contributed by atoms with Crippen LogP contribution in [0.25, 0.3) is 0 Å². The molecule has 5 nitrogen and oxygen atoms in total. The molecule has 150 valence electrons. The van der Waals surface area contributed by atoms with E-state index in [0.29, 0.717) is 18.0 Å². The number of hydrogen-bond donors (Lipinski definition) is 1. The van der Waals surface area contributed by atoms with Crippen LogP contribution < -0.4 is 14.8 Å². The van der Waals surface area contributed by atoms with E-state index in [-0.39, 0.29) is 12.0 Å². The number of benzene rings is 2. The van der Waals surface area contributed by atoms with E-state index in [2.05, 4.69) is 21.2 Å². The number of hydrogen-bond acceptors (Lipinski definition) is 4. The topological polar surface area (TPSA) is 56.8 Å². The van der Waals surface area contributed by atoms with E-state index in [4.69, 9.17) is 14.2 Å². The molecule has 0 aliphatic carbocycles. The third kappa shape index (κ3) is 5.26. The zero-order chi connectivity index (χ0) is 20.1. The van der Waals surface area contributed by atoms with Crippen LogP contribution >= 0.6 is 15.9 Å². The van der Waals surface area contributed by atoms with Gasteiger partial charge in [-0.15, -0.1) is 0 Å². The van der Waals surface area contributed by atoms with Crippen LogP contribution in [-0.4, -0.2) is 31.3 Å². The number of carbonyl (C=O) groups is 1. The number of para-hydroxylation sites is 2. The molecule has 1 N–H and O–H groups in total. The van der Waals surface area contributed by atoms with Crippen LogP contribution in [0.3, 0.4) is 0 Å². The van der Waals surface area contributed by atoms with Gasteiger partial charge in [0.2, 0.25) is 0 Å². The Morgan fingerprint density at radius 2 is 2.00 bits per heavy atom. The molecule has 0 spiro atoms. The summed E-state index contributed by atoms with van der Waals surface area (Å²) in [6.07, 6.45) is 1.54. The van der Waals surface area contributed by atoms with Crippen molar-refractivity contribution in [2.45, 2.75) is 45.8 Å². The molecular weight excluding hydrogens is 422 g/mol. The fraction of sp³-hybridized carbons (Fsp3) is 0.409. The number of rotatable bonds is 7. The van der Waals surface area contributed by atoms with Gasteiger partial charge in [0.15, 0.2) is 6.10 Å². The molecule has 2 aromatic carbocycles. The lowest BCUT2D eigenvalue weighted by molar-refractivity contribution is -0.122. The van der Waals surface area contributed by atoms with E-state index < -0.39 is 6.10 Å². The number of halogens is 1. The fourth-order valence-electron chi connectivity index (χ4n) is 3.20. The Morgan fingerprint density at radius 1 is 1.29 bits per heavy atom. The monoisotopic (exact) mass is 447 g/mol. The predicted octanol–water partition coefficient (Wildman–Crippen LogP) is 5.03. The maximum Gasteiger partial charge on any atom is 0.265 e. The summed E-state index contributed by atoms with van der Waals surface area (Å²) in [5, 5.41) is 2.92. The van der Waals surface area contributed by atoms with Crippen molar-refractivity contribution in [2.75, 3.05) is 18.5 Å². The number of anilines is 1. The fourth-order valence-corrected chi connectivity index (χ4v) is 3.89. The number of amides is 1. The minimum Gasteiger partial charge on any atom is -0.489 e. The van der Waals surface area contributed by atoms with E-state index in [1.807, 2.05) is 50.2 Å². The van der Waals surface area contributed by atoms with Crippen LogP contribution in [0, 0.1) is 13.8 Å². The molecule has 2 unspecified atom stereocenters. The van der Waals surface area contributed by atoms with Crippen LogP contribution in [0.1, 0.15) is 30.9 Å². The van der Waals surface area contributed by atoms with Gasteiger partial charge in [0.1, 0.15) is 18.1 Å². The normalized spacial score (nSPS) is 17.2. The minimum absolute atomic E-state index is 0.120. The number of aryl methyl sites for hydroxylation is 2. The second-order valence-corrected chi connectivity index (χ2v) is 7.98. The first kappa shape index (κ1) is 20.7. The van der Waals surface area contributed by atoms with E-state index >= 15 is 0 Å². The highest BCUT2D eigenvalue weighted by molar-refractivity contribution is 9.10. The molecule has 0 aromatic heterocycles. The van der Waals surface area contributed by atoms with Crippen LogP contribution in [0.2, 0.25) is 0 Å². The summed E-state index contributed by atoms with van der Waals surface area (Å²) in [5.41, 5.74) is 2.59. The molecule has 1 aliphatic rings. The zero-order valence-electron chi connectivity index (χ0n) is 16.5. The summed E-state index contributed by atoms with van der Waals surface area (Å²) in [5.74, 6) is 1.14. The maximum atomic E-state index is 12.7. The SMILES string of the molecule is Cc1cc(Br)cc(C)c1OC(C)C(=O)Nc1ccccc1OCC1CCCO1. The molecule has 0 radical (unpaired) electrons. The van der Waals surface area contributed by atoms with Gasteiger partial charge in [-0.05, 0) is 69.0 Å². The Balaban J connectivity index is 1.64. The van der Waals surface area contributed by atoms with Crippen molar-refractivity contribution in [3.05, 3.63) is 52.0 Å². The molecule has 28 heavy (non-hydrogen) atoms. The molecule has 1 heterocycles.